The van der Waals surface area contributed by atoms with Crippen LogP contribution in [0.2, 0.25) is 0 Å². The van der Waals surface area contributed by atoms with Crippen molar-refractivity contribution in [3.8, 4) is 0 Å². The van der Waals surface area contributed by atoms with E-state index in [0.29, 0.717) is 19.4 Å². The molecule has 0 radical (unpaired) electrons. The number of unbranched alkanes of at least 4 members (excludes halogenated alkanes) is 24. The predicted octanol–water partition coefficient (Wildman–Crippen LogP) is 18.5. The van der Waals surface area contributed by atoms with E-state index < -0.39 is 6.10 Å². The molecule has 0 amide bonds. The lowest BCUT2D eigenvalue weighted by Gasteiger charge is -2.18. The molecular weight excluding hydrogens is 789 g/mol. The molecule has 368 valence electrons. The van der Waals surface area contributed by atoms with Gasteiger partial charge >= 0.3 is 11.9 Å². The summed E-state index contributed by atoms with van der Waals surface area (Å²) in [4.78, 5) is 25.4. The van der Waals surface area contributed by atoms with Crippen molar-refractivity contribution in [1.82, 2.24) is 0 Å². The quantitative estimate of drug-likeness (QED) is 0.0346. The number of hydrogen-bond acceptors (Lipinski definition) is 5. The van der Waals surface area contributed by atoms with Gasteiger partial charge in [0, 0.05) is 19.4 Å². The minimum Gasteiger partial charge on any atom is -0.462 e. The predicted molar refractivity (Wildman–Crippen MR) is 279 cm³/mol. The average Bonchev–Trinajstić information content (AvgIpc) is 3.30. The first-order chi connectivity index (χ1) is 31.6. The van der Waals surface area contributed by atoms with Crippen molar-refractivity contribution in [3.63, 3.8) is 0 Å². The Balaban J connectivity index is 4.31. The Morgan fingerprint density at radius 2 is 0.688 bits per heavy atom. The summed E-state index contributed by atoms with van der Waals surface area (Å²) in [6.07, 6.45) is 71.6. The Morgan fingerprint density at radius 3 is 1.11 bits per heavy atom. The SMILES string of the molecule is CCC/C=C\C/C=C\CCCCCCCC(=O)OC(COCCCCCCCCC/C=C\C/C=C\C/C=C\CCCCC)COC(=O)CCCCCCC/C=C\C/C=C\CCCCC. The molecule has 0 rings (SSSR count). The van der Waals surface area contributed by atoms with Gasteiger partial charge in [-0.05, 0) is 116 Å². The standard InChI is InChI=1S/C59H102O5/c1-4-7-10-13-16-19-22-25-27-28-29-30-31-33-36-39-42-45-48-51-54-62-55-57(64-59(61)53-50-47-44-41-38-34-24-21-18-15-12-9-6-3)56-63-58(60)52-49-46-43-40-37-35-32-26-23-20-17-14-11-8-5-2/h12,15-17,19-21,24-27,29-30,32,57H,4-11,13-14,18,22-23,28,31,33-56H2,1-3H3/b15-12-,19-16-,20-17-,24-21-,27-25-,30-29-,32-26-. The molecule has 0 saturated heterocycles. The van der Waals surface area contributed by atoms with E-state index in [1.807, 2.05) is 0 Å². The zero-order chi connectivity index (χ0) is 46.3. The highest BCUT2D eigenvalue weighted by atomic mass is 16.6. The lowest BCUT2D eigenvalue weighted by Crippen LogP contribution is -2.30. The fourth-order valence-electron chi connectivity index (χ4n) is 7.29. The second-order valence-corrected chi connectivity index (χ2v) is 17.8. The van der Waals surface area contributed by atoms with Gasteiger partial charge in [0.05, 0.1) is 6.61 Å². The number of carbonyl (C=O) groups excluding carboxylic acids is 2. The number of esters is 2. The van der Waals surface area contributed by atoms with Crippen molar-refractivity contribution in [2.45, 2.75) is 258 Å². The van der Waals surface area contributed by atoms with Crippen molar-refractivity contribution in [1.29, 1.82) is 0 Å². The van der Waals surface area contributed by atoms with Crippen LogP contribution in [0, 0.1) is 0 Å². The maximum absolute atomic E-state index is 12.8. The van der Waals surface area contributed by atoms with Crippen LogP contribution in [-0.4, -0.2) is 37.9 Å². The highest BCUT2D eigenvalue weighted by Crippen LogP contribution is 2.13. The van der Waals surface area contributed by atoms with Gasteiger partial charge < -0.3 is 14.2 Å². The number of carbonyl (C=O) groups is 2. The van der Waals surface area contributed by atoms with E-state index in [1.165, 1.54) is 122 Å². The van der Waals surface area contributed by atoms with Crippen LogP contribution in [0.4, 0.5) is 0 Å². The van der Waals surface area contributed by atoms with Crippen LogP contribution in [0.3, 0.4) is 0 Å². The molecule has 0 aromatic rings. The van der Waals surface area contributed by atoms with Crippen molar-refractivity contribution in [3.05, 3.63) is 85.1 Å². The van der Waals surface area contributed by atoms with E-state index >= 15 is 0 Å². The molecule has 5 nitrogen and oxygen atoms in total. The minimum atomic E-state index is -0.558. The van der Waals surface area contributed by atoms with Crippen LogP contribution in [0.1, 0.15) is 252 Å². The molecular formula is C59H102O5. The van der Waals surface area contributed by atoms with Crippen molar-refractivity contribution in [2.24, 2.45) is 0 Å². The second kappa shape index (κ2) is 54.4. The molecule has 1 atom stereocenters. The lowest BCUT2D eigenvalue weighted by molar-refractivity contribution is -0.163. The van der Waals surface area contributed by atoms with Crippen molar-refractivity contribution >= 4 is 11.9 Å². The van der Waals surface area contributed by atoms with Gasteiger partial charge in [0.25, 0.3) is 0 Å². The van der Waals surface area contributed by atoms with Gasteiger partial charge in [-0.25, -0.2) is 0 Å². The normalized spacial score (nSPS) is 12.9. The summed E-state index contributed by atoms with van der Waals surface area (Å²) in [5, 5.41) is 0. The summed E-state index contributed by atoms with van der Waals surface area (Å²) in [6.45, 7) is 7.67. The molecule has 0 aliphatic rings. The highest BCUT2D eigenvalue weighted by molar-refractivity contribution is 5.70. The van der Waals surface area contributed by atoms with Crippen LogP contribution in [0.5, 0.6) is 0 Å². The number of hydrogen-bond donors (Lipinski definition) is 0. The molecule has 0 aliphatic heterocycles. The third-order valence-electron chi connectivity index (χ3n) is 11.4. The van der Waals surface area contributed by atoms with E-state index in [1.54, 1.807) is 0 Å². The Hall–Kier alpha value is -2.92. The van der Waals surface area contributed by atoms with E-state index in [9.17, 15) is 9.59 Å². The molecule has 0 fully saturated rings. The number of ether oxygens (including phenoxy) is 3. The third-order valence-corrected chi connectivity index (χ3v) is 11.4. The maximum atomic E-state index is 12.8. The summed E-state index contributed by atoms with van der Waals surface area (Å²) in [5.41, 5.74) is 0. The fourth-order valence-corrected chi connectivity index (χ4v) is 7.29. The molecule has 5 heteroatoms. The Kier molecular flexibility index (Phi) is 51.9. The Morgan fingerprint density at radius 1 is 0.344 bits per heavy atom. The number of allylic oxidation sites excluding steroid dienone is 14. The van der Waals surface area contributed by atoms with Crippen molar-refractivity contribution in [2.75, 3.05) is 19.8 Å². The molecule has 0 aliphatic carbocycles. The van der Waals surface area contributed by atoms with Gasteiger partial charge in [0.2, 0.25) is 0 Å². The van der Waals surface area contributed by atoms with E-state index in [0.717, 1.165) is 96.3 Å². The van der Waals surface area contributed by atoms with Gasteiger partial charge in [-0.3, -0.25) is 9.59 Å². The highest BCUT2D eigenvalue weighted by Gasteiger charge is 2.17. The van der Waals surface area contributed by atoms with Crippen LogP contribution >= 0.6 is 0 Å². The summed E-state index contributed by atoms with van der Waals surface area (Å²) in [5.74, 6) is -0.434. The largest absolute Gasteiger partial charge is 0.462 e. The Bertz CT molecular complexity index is 1190. The first-order valence-electron chi connectivity index (χ1n) is 27.1. The average molecular weight is 891 g/mol. The van der Waals surface area contributed by atoms with Gasteiger partial charge in [-0.15, -0.1) is 0 Å². The summed E-state index contributed by atoms with van der Waals surface area (Å²) in [6, 6.07) is 0. The van der Waals surface area contributed by atoms with Gasteiger partial charge in [-0.2, -0.15) is 0 Å². The Labute approximate surface area is 397 Å². The molecule has 1 unspecified atom stereocenters. The third kappa shape index (κ3) is 51.7. The van der Waals surface area contributed by atoms with Crippen molar-refractivity contribution < 1.29 is 23.8 Å². The zero-order valence-electron chi connectivity index (χ0n) is 42.3. The summed E-state index contributed by atoms with van der Waals surface area (Å²) in [7, 11) is 0. The van der Waals surface area contributed by atoms with Crippen LogP contribution < -0.4 is 0 Å². The summed E-state index contributed by atoms with van der Waals surface area (Å²) >= 11 is 0. The van der Waals surface area contributed by atoms with Crippen LogP contribution in [0.25, 0.3) is 0 Å². The molecule has 0 spiro atoms. The second-order valence-electron chi connectivity index (χ2n) is 17.8. The molecule has 0 heterocycles. The molecule has 0 aromatic heterocycles. The number of rotatable bonds is 49. The molecule has 0 bridgehead atoms. The van der Waals surface area contributed by atoms with E-state index in [2.05, 4.69) is 106 Å². The fraction of sp³-hybridized carbons (Fsp3) is 0.729. The van der Waals surface area contributed by atoms with Gasteiger partial charge in [0.15, 0.2) is 6.10 Å². The molecule has 64 heavy (non-hydrogen) atoms. The monoisotopic (exact) mass is 891 g/mol. The van der Waals surface area contributed by atoms with E-state index in [4.69, 9.17) is 14.2 Å². The maximum Gasteiger partial charge on any atom is 0.306 e. The van der Waals surface area contributed by atoms with Gasteiger partial charge in [0.1, 0.15) is 6.61 Å². The molecule has 0 N–H and O–H groups in total. The summed E-state index contributed by atoms with van der Waals surface area (Å²) < 4.78 is 17.4. The van der Waals surface area contributed by atoms with Crippen LogP contribution in [0.15, 0.2) is 85.1 Å². The first kappa shape index (κ1) is 61.1. The smallest absolute Gasteiger partial charge is 0.306 e. The zero-order valence-corrected chi connectivity index (χ0v) is 42.3. The van der Waals surface area contributed by atoms with Gasteiger partial charge in [-0.1, -0.05) is 209 Å². The molecule has 0 aromatic carbocycles. The topological polar surface area (TPSA) is 61.8 Å². The molecule has 0 saturated carbocycles. The lowest BCUT2D eigenvalue weighted by atomic mass is 10.1. The first-order valence-corrected chi connectivity index (χ1v) is 27.1. The van der Waals surface area contributed by atoms with E-state index in [-0.39, 0.29) is 25.2 Å². The minimum absolute atomic E-state index is 0.0650. The van der Waals surface area contributed by atoms with Crippen LogP contribution in [-0.2, 0) is 23.8 Å².